The van der Waals surface area contributed by atoms with Crippen molar-refractivity contribution in [1.82, 2.24) is 9.13 Å². The Morgan fingerprint density at radius 1 is 1.14 bits per heavy atom. The first kappa shape index (κ1) is 19.4. The second kappa shape index (κ2) is 8.23. The number of halogens is 1. The highest BCUT2D eigenvalue weighted by molar-refractivity contribution is 6.30. The standard InChI is InChI=1S/C21H20ClN3O4/c22-14-5-3-6-15(11-14)23-19(26)13-24-18-9-2-1-8-17(18)20(27)25(21(24)28)12-16-7-4-10-29-16/h1-3,5-6,8-9,11,16H,4,7,10,12-13H2,(H,23,26). The van der Waals surface area contributed by atoms with Gasteiger partial charge in [0.15, 0.2) is 0 Å². The van der Waals surface area contributed by atoms with Gasteiger partial charge in [-0.15, -0.1) is 0 Å². The summed E-state index contributed by atoms with van der Waals surface area (Å²) in [6.45, 7) is 0.583. The van der Waals surface area contributed by atoms with Crippen molar-refractivity contribution < 1.29 is 9.53 Å². The molecule has 1 unspecified atom stereocenters. The van der Waals surface area contributed by atoms with Gasteiger partial charge in [-0.1, -0.05) is 29.8 Å². The van der Waals surface area contributed by atoms with Gasteiger partial charge in [-0.2, -0.15) is 0 Å². The van der Waals surface area contributed by atoms with Crippen LogP contribution in [-0.4, -0.2) is 27.8 Å². The van der Waals surface area contributed by atoms with Crippen molar-refractivity contribution >= 4 is 34.1 Å². The summed E-state index contributed by atoms with van der Waals surface area (Å²) in [5.41, 5.74) is 0.0675. The number of nitrogens with zero attached hydrogens (tertiary/aromatic N) is 2. The van der Waals surface area contributed by atoms with Gasteiger partial charge in [0, 0.05) is 17.3 Å². The lowest BCUT2D eigenvalue weighted by molar-refractivity contribution is -0.116. The highest BCUT2D eigenvalue weighted by atomic mass is 35.5. The van der Waals surface area contributed by atoms with Gasteiger partial charge in [0.1, 0.15) is 6.54 Å². The Labute approximate surface area is 171 Å². The average molecular weight is 414 g/mol. The van der Waals surface area contributed by atoms with Crippen LogP contribution in [0.1, 0.15) is 12.8 Å². The van der Waals surface area contributed by atoms with E-state index in [1.54, 1.807) is 48.5 Å². The first-order valence-corrected chi connectivity index (χ1v) is 9.80. The lowest BCUT2D eigenvalue weighted by atomic mass is 10.2. The van der Waals surface area contributed by atoms with Gasteiger partial charge >= 0.3 is 5.69 Å². The zero-order valence-electron chi connectivity index (χ0n) is 15.6. The molecule has 1 amide bonds. The van der Waals surface area contributed by atoms with Gasteiger partial charge in [-0.05, 0) is 43.2 Å². The number of benzene rings is 2. The van der Waals surface area contributed by atoms with E-state index in [0.29, 0.717) is 28.2 Å². The van der Waals surface area contributed by atoms with Crippen molar-refractivity contribution in [2.75, 3.05) is 11.9 Å². The minimum absolute atomic E-state index is 0.171. The molecule has 1 fully saturated rings. The second-order valence-electron chi connectivity index (χ2n) is 7.00. The third-order valence-corrected chi connectivity index (χ3v) is 5.19. The van der Waals surface area contributed by atoms with Crippen molar-refractivity contribution in [2.45, 2.75) is 32.0 Å². The number of anilines is 1. The van der Waals surface area contributed by atoms with E-state index >= 15 is 0 Å². The van der Waals surface area contributed by atoms with E-state index in [9.17, 15) is 14.4 Å². The number of carbonyl (C=O) groups is 1. The largest absolute Gasteiger partial charge is 0.376 e. The Bertz CT molecular complexity index is 1180. The number of fused-ring (bicyclic) bond motifs is 1. The van der Waals surface area contributed by atoms with Crippen LogP contribution in [0.5, 0.6) is 0 Å². The number of carbonyl (C=O) groups excluding carboxylic acids is 1. The smallest absolute Gasteiger partial charge is 0.332 e. The summed E-state index contributed by atoms with van der Waals surface area (Å²) in [4.78, 5) is 38.6. The van der Waals surface area contributed by atoms with Crippen LogP contribution in [0.4, 0.5) is 5.69 Å². The topological polar surface area (TPSA) is 82.3 Å². The number of amides is 1. The molecule has 1 saturated heterocycles. The molecule has 7 nitrogen and oxygen atoms in total. The Balaban J connectivity index is 1.71. The maximum Gasteiger partial charge on any atom is 0.332 e. The highest BCUT2D eigenvalue weighted by Crippen LogP contribution is 2.16. The molecule has 1 aromatic heterocycles. The molecule has 0 saturated carbocycles. The summed E-state index contributed by atoms with van der Waals surface area (Å²) in [5.74, 6) is -0.387. The molecular weight excluding hydrogens is 394 g/mol. The van der Waals surface area contributed by atoms with Gasteiger partial charge in [-0.3, -0.25) is 18.7 Å². The molecule has 2 heterocycles. The molecule has 150 valence electrons. The molecule has 29 heavy (non-hydrogen) atoms. The molecule has 1 aliphatic rings. The van der Waals surface area contributed by atoms with Gasteiger partial charge < -0.3 is 10.1 Å². The van der Waals surface area contributed by atoms with Gasteiger partial charge in [-0.25, -0.2) is 4.79 Å². The van der Waals surface area contributed by atoms with Crippen LogP contribution >= 0.6 is 11.6 Å². The lowest BCUT2D eigenvalue weighted by Crippen LogP contribution is -2.43. The quantitative estimate of drug-likeness (QED) is 0.697. The maximum atomic E-state index is 13.1. The minimum Gasteiger partial charge on any atom is -0.376 e. The molecule has 4 rings (SSSR count). The van der Waals surface area contributed by atoms with Crippen molar-refractivity contribution in [2.24, 2.45) is 0 Å². The number of ether oxygens (including phenoxy) is 1. The second-order valence-corrected chi connectivity index (χ2v) is 7.43. The number of hydrogen-bond donors (Lipinski definition) is 1. The molecule has 8 heteroatoms. The third kappa shape index (κ3) is 4.11. The molecule has 3 aromatic rings. The predicted octanol–water partition coefficient (Wildman–Crippen LogP) is 2.63. The Kier molecular flexibility index (Phi) is 5.51. The van der Waals surface area contributed by atoms with Gasteiger partial charge in [0.2, 0.25) is 5.91 Å². The van der Waals surface area contributed by atoms with E-state index in [-0.39, 0.29) is 30.7 Å². The highest BCUT2D eigenvalue weighted by Gasteiger charge is 2.21. The Hall–Kier alpha value is -2.90. The van der Waals surface area contributed by atoms with E-state index < -0.39 is 5.69 Å². The molecule has 0 radical (unpaired) electrons. The van der Waals surface area contributed by atoms with Gasteiger partial charge in [0.25, 0.3) is 5.56 Å². The maximum absolute atomic E-state index is 13.1. The van der Waals surface area contributed by atoms with E-state index in [1.807, 2.05) is 0 Å². The summed E-state index contributed by atoms with van der Waals surface area (Å²) in [7, 11) is 0. The van der Waals surface area contributed by atoms with Crippen molar-refractivity contribution in [3.8, 4) is 0 Å². The zero-order chi connectivity index (χ0) is 20.4. The molecule has 1 aliphatic heterocycles. The minimum atomic E-state index is -0.523. The van der Waals surface area contributed by atoms with E-state index in [2.05, 4.69) is 5.32 Å². The van der Waals surface area contributed by atoms with E-state index in [4.69, 9.17) is 16.3 Å². The third-order valence-electron chi connectivity index (χ3n) is 4.95. The summed E-state index contributed by atoms with van der Waals surface area (Å²) in [6, 6.07) is 13.6. The molecule has 0 bridgehead atoms. The number of aromatic nitrogens is 2. The fourth-order valence-electron chi connectivity index (χ4n) is 3.59. The van der Waals surface area contributed by atoms with Crippen LogP contribution in [-0.2, 0) is 22.6 Å². The van der Waals surface area contributed by atoms with Crippen molar-refractivity contribution in [1.29, 1.82) is 0 Å². The molecule has 1 N–H and O–H groups in total. The van der Waals surface area contributed by atoms with Crippen LogP contribution < -0.4 is 16.6 Å². The monoisotopic (exact) mass is 413 g/mol. The molecule has 2 aromatic carbocycles. The van der Waals surface area contributed by atoms with Crippen LogP contribution in [0.25, 0.3) is 10.9 Å². The fraction of sp³-hybridized carbons (Fsp3) is 0.286. The fourth-order valence-corrected chi connectivity index (χ4v) is 3.78. The zero-order valence-corrected chi connectivity index (χ0v) is 16.4. The SMILES string of the molecule is O=C(Cn1c(=O)n(CC2CCCO2)c(=O)c2ccccc21)Nc1cccc(Cl)c1. The van der Waals surface area contributed by atoms with Crippen LogP contribution in [0.15, 0.2) is 58.1 Å². The normalized spacial score (nSPS) is 16.2. The van der Waals surface area contributed by atoms with Crippen LogP contribution in [0, 0.1) is 0 Å². The van der Waals surface area contributed by atoms with E-state index in [1.165, 1.54) is 9.13 Å². The summed E-state index contributed by atoms with van der Waals surface area (Å²) in [5, 5.41) is 3.62. The number of para-hydroxylation sites is 1. The first-order chi connectivity index (χ1) is 14.0. The average Bonchev–Trinajstić information content (AvgIpc) is 3.22. The van der Waals surface area contributed by atoms with Crippen molar-refractivity contribution in [3.63, 3.8) is 0 Å². The molecular formula is C21H20ClN3O4. The summed E-state index contributed by atoms with van der Waals surface area (Å²) in [6.07, 6.45) is 1.53. The van der Waals surface area contributed by atoms with Crippen LogP contribution in [0.2, 0.25) is 5.02 Å². The summed E-state index contributed by atoms with van der Waals surface area (Å²) >= 11 is 5.95. The predicted molar refractivity (Wildman–Crippen MR) is 112 cm³/mol. The van der Waals surface area contributed by atoms with Crippen LogP contribution in [0.3, 0.4) is 0 Å². The summed E-state index contributed by atoms with van der Waals surface area (Å²) < 4.78 is 8.09. The molecule has 1 atom stereocenters. The Morgan fingerprint density at radius 3 is 2.72 bits per heavy atom. The molecule has 0 aliphatic carbocycles. The number of rotatable bonds is 5. The van der Waals surface area contributed by atoms with Crippen molar-refractivity contribution in [3.05, 3.63) is 74.4 Å². The number of hydrogen-bond acceptors (Lipinski definition) is 4. The van der Waals surface area contributed by atoms with Gasteiger partial charge in [0.05, 0.1) is 23.6 Å². The Morgan fingerprint density at radius 2 is 1.97 bits per heavy atom. The number of nitrogens with one attached hydrogen (secondary N) is 1. The molecule has 0 spiro atoms. The van der Waals surface area contributed by atoms with E-state index in [0.717, 1.165) is 12.8 Å². The first-order valence-electron chi connectivity index (χ1n) is 9.42. The lowest BCUT2D eigenvalue weighted by Gasteiger charge is -2.16.